The Morgan fingerprint density at radius 3 is 2.29 bits per heavy atom. The van der Waals surface area contributed by atoms with Crippen LogP contribution in [0.3, 0.4) is 0 Å². The van der Waals surface area contributed by atoms with Crippen LogP contribution in [-0.2, 0) is 4.79 Å². The van der Waals surface area contributed by atoms with Gasteiger partial charge in [-0.3, -0.25) is 4.79 Å². The Morgan fingerprint density at radius 1 is 1.04 bits per heavy atom. The van der Waals surface area contributed by atoms with Crippen LogP contribution < -0.4 is 11.5 Å². The van der Waals surface area contributed by atoms with Gasteiger partial charge in [-0.15, -0.1) is 0 Å². The first-order valence-corrected chi connectivity index (χ1v) is 8.18. The van der Waals surface area contributed by atoms with E-state index in [9.17, 15) is 9.90 Å². The third-order valence-electron chi connectivity index (χ3n) is 4.42. The number of rotatable bonds is 3. The van der Waals surface area contributed by atoms with Crippen LogP contribution in [0.5, 0.6) is 0 Å². The van der Waals surface area contributed by atoms with Crippen molar-refractivity contribution in [2.24, 2.45) is 11.5 Å². The monoisotopic (exact) mass is 325 g/mol. The average Bonchev–Trinajstić information content (AvgIpc) is 2.60. The van der Waals surface area contributed by atoms with Crippen LogP contribution in [0.4, 0.5) is 0 Å². The van der Waals surface area contributed by atoms with E-state index < -0.39 is 12.1 Å². The first-order valence-electron chi connectivity index (χ1n) is 8.18. The molecule has 24 heavy (non-hydrogen) atoms. The van der Waals surface area contributed by atoms with Crippen LogP contribution in [-0.4, -0.2) is 41.1 Å². The fraction of sp³-hybridized carbons (Fsp3) is 0.316. The Labute approximate surface area is 141 Å². The molecule has 0 aliphatic carbocycles. The third-order valence-corrected chi connectivity index (χ3v) is 4.42. The second-order valence-corrected chi connectivity index (χ2v) is 6.36. The van der Waals surface area contributed by atoms with Crippen molar-refractivity contribution in [2.75, 3.05) is 13.1 Å². The Kier molecular flexibility index (Phi) is 4.94. The zero-order valence-corrected chi connectivity index (χ0v) is 13.5. The molecule has 1 fully saturated rings. The lowest BCUT2D eigenvalue weighted by molar-refractivity contribution is -0.136. The molecule has 5 N–H and O–H groups in total. The zero-order chi connectivity index (χ0) is 17.1. The molecule has 1 heterocycles. The Morgan fingerprint density at radius 2 is 1.67 bits per heavy atom. The highest BCUT2D eigenvalue weighted by molar-refractivity contribution is 5.83. The molecule has 1 amide bonds. The minimum absolute atomic E-state index is 0.198. The van der Waals surface area contributed by atoms with Gasteiger partial charge in [0, 0.05) is 19.1 Å². The largest absolute Gasteiger partial charge is 0.391 e. The van der Waals surface area contributed by atoms with Crippen LogP contribution in [0.15, 0.2) is 54.6 Å². The standard InChI is InChI=1S/C19H23N3O2/c20-16-10-17(23)12-22(11-16)19(24)18(21)15-8-6-14(7-9-15)13-4-2-1-3-5-13/h1-9,16-18,23H,10-12,20-21H2. The molecular weight excluding hydrogens is 302 g/mol. The minimum Gasteiger partial charge on any atom is -0.391 e. The van der Waals surface area contributed by atoms with E-state index in [0.29, 0.717) is 19.5 Å². The SMILES string of the molecule is NC1CC(O)CN(C(=O)C(N)c2ccc(-c3ccccc3)cc2)C1. The number of amides is 1. The summed E-state index contributed by atoms with van der Waals surface area (Å²) in [6, 6.07) is 16.8. The van der Waals surface area contributed by atoms with Crippen LogP contribution in [0.1, 0.15) is 18.0 Å². The van der Waals surface area contributed by atoms with Gasteiger partial charge in [0.15, 0.2) is 0 Å². The Hall–Kier alpha value is -2.21. The lowest BCUT2D eigenvalue weighted by Gasteiger charge is -2.35. The van der Waals surface area contributed by atoms with E-state index >= 15 is 0 Å². The summed E-state index contributed by atoms with van der Waals surface area (Å²) in [6.07, 6.45) is -0.0597. The molecule has 126 valence electrons. The lowest BCUT2D eigenvalue weighted by Crippen LogP contribution is -2.53. The van der Waals surface area contributed by atoms with E-state index in [1.54, 1.807) is 4.90 Å². The zero-order valence-electron chi connectivity index (χ0n) is 13.5. The number of carbonyl (C=O) groups excluding carboxylic acids is 1. The number of hydrogen-bond acceptors (Lipinski definition) is 4. The number of carbonyl (C=O) groups is 1. The molecule has 5 heteroatoms. The summed E-state index contributed by atoms with van der Waals surface area (Å²) in [7, 11) is 0. The number of hydrogen-bond donors (Lipinski definition) is 3. The van der Waals surface area contributed by atoms with E-state index in [2.05, 4.69) is 0 Å². The molecule has 5 nitrogen and oxygen atoms in total. The summed E-state index contributed by atoms with van der Waals surface area (Å²) in [4.78, 5) is 14.1. The second kappa shape index (κ2) is 7.13. The van der Waals surface area contributed by atoms with Gasteiger partial charge in [-0.05, 0) is 23.1 Å². The predicted molar refractivity (Wildman–Crippen MR) is 94.0 cm³/mol. The van der Waals surface area contributed by atoms with Crippen molar-refractivity contribution >= 4 is 5.91 Å². The third kappa shape index (κ3) is 3.64. The number of likely N-dealkylation sites (tertiary alicyclic amines) is 1. The topological polar surface area (TPSA) is 92.6 Å². The molecule has 3 unspecified atom stereocenters. The summed E-state index contributed by atoms with van der Waals surface area (Å²) in [6.45, 7) is 0.730. The molecule has 0 radical (unpaired) electrons. The van der Waals surface area contributed by atoms with E-state index in [4.69, 9.17) is 11.5 Å². The quantitative estimate of drug-likeness (QED) is 0.792. The molecule has 3 rings (SSSR count). The first-order chi connectivity index (χ1) is 11.5. The lowest BCUT2D eigenvalue weighted by atomic mass is 9.99. The van der Waals surface area contributed by atoms with Crippen molar-refractivity contribution in [3.63, 3.8) is 0 Å². The molecule has 1 aliphatic heterocycles. The number of aliphatic hydroxyl groups is 1. The van der Waals surface area contributed by atoms with Gasteiger partial charge in [0.1, 0.15) is 6.04 Å². The fourth-order valence-electron chi connectivity index (χ4n) is 3.14. The maximum Gasteiger partial charge on any atom is 0.244 e. The number of benzene rings is 2. The summed E-state index contributed by atoms with van der Waals surface area (Å²) in [5.41, 5.74) is 15.0. The van der Waals surface area contributed by atoms with Gasteiger partial charge < -0.3 is 21.5 Å². The molecule has 1 aliphatic rings. The van der Waals surface area contributed by atoms with Crippen molar-refractivity contribution < 1.29 is 9.90 Å². The maximum atomic E-state index is 12.6. The van der Waals surface area contributed by atoms with Crippen molar-refractivity contribution in [3.8, 4) is 11.1 Å². The highest BCUT2D eigenvalue weighted by atomic mass is 16.3. The molecule has 0 saturated carbocycles. The summed E-state index contributed by atoms with van der Waals surface area (Å²) >= 11 is 0. The minimum atomic E-state index is -0.743. The van der Waals surface area contributed by atoms with Gasteiger partial charge >= 0.3 is 0 Å². The Bertz CT molecular complexity index is 678. The van der Waals surface area contributed by atoms with Crippen molar-refractivity contribution in [1.29, 1.82) is 0 Å². The number of nitrogens with zero attached hydrogens (tertiary/aromatic N) is 1. The van der Waals surface area contributed by atoms with Crippen molar-refractivity contribution in [2.45, 2.75) is 24.6 Å². The van der Waals surface area contributed by atoms with Gasteiger partial charge in [-0.1, -0.05) is 54.6 Å². The Balaban J connectivity index is 1.73. The molecule has 0 bridgehead atoms. The van der Waals surface area contributed by atoms with Crippen molar-refractivity contribution in [1.82, 2.24) is 4.90 Å². The van der Waals surface area contributed by atoms with Crippen LogP contribution in [0.25, 0.3) is 11.1 Å². The van der Waals surface area contributed by atoms with E-state index in [0.717, 1.165) is 16.7 Å². The van der Waals surface area contributed by atoms with E-state index in [1.165, 1.54) is 0 Å². The predicted octanol–water partition coefficient (Wildman–Crippen LogP) is 1.27. The molecule has 2 aromatic carbocycles. The van der Waals surface area contributed by atoms with E-state index in [1.807, 2.05) is 54.6 Å². The van der Waals surface area contributed by atoms with Crippen LogP contribution in [0.2, 0.25) is 0 Å². The molecule has 2 aromatic rings. The number of nitrogens with two attached hydrogens (primary N) is 2. The average molecular weight is 325 g/mol. The van der Waals surface area contributed by atoms with Gasteiger partial charge in [0.05, 0.1) is 6.10 Å². The summed E-state index contributed by atoms with van der Waals surface area (Å²) in [5.74, 6) is -0.198. The molecule has 0 aromatic heterocycles. The maximum absolute atomic E-state index is 12.6. The molecule has 1 saturated heterocycles. The number of aliphatic hydroxyl groups excluding tert-OH is 1. The number of β-amino-alcohol motifs (C(OH)–C–C–N with tert-alkyl or cyclic N) is 1. The summed E-state index contributed by atoms with van der Waals surface area (Å²) in [5, 5.41) is 9.80. The van der Waals surface area contributed by atoms with E-state index in [-0.39, 0.29) is 11.9 Å². The van der Waals surface area contributed by atoms with Crippen LogP contribution >= 0.6 is 0 Å². The van der Waals surface area contributed by atoms with Gasteiger partial charge in [-0.2, -0.15) is 0 Å². The van der Waals surface area contributed by atoms with Gasteiger partial charge in [0.25, 0.3) is 0 Å². The van der Waals surface area contributed by atoms with Crippen LogP contribution in [0, 0.1) is 0 Å². The summed E-state index contributed by atoms with van der Waals surface area (Å²) < 4.78 is 0. The highest BCUT2D eigenvalue weighted by Crippen LogP contribution is 2.22. The second-order valence-electron chi connectivity index (χ2n) is 6.36. The van der Waals surface area contributed by atoms with Crippen molar-refractivity contribution in [3.05, 3.63) is 60.2 Å². The smallest absolute Gasteiger partial charge is 0.244 e. The molecular formula is C19H23N3O2. The molecule has 3 atom stereocenters. The highest BCUT2D eigenvalue weighted by Gasteiger charge is 2.30. The van der Waals surface area contributed by atoms with Gasteiger partial charge in [0.2, 0.25) is 5.91 Å². The number of piperidine rings is 1. The molecule has 0 spiro atoms. The first kappa shape index (κ1) is 16.6. The van der Waals surface area contributed by atoms with Gasteiger partial charge in [-0.25, -0.2) is 0 Å². The fourth-order valence-corrected chi connectivity index (χ4v) is 3.14. The normalized spacial score (nSPS) is 22.2.